The van der Waals surface area contributed by atoms with Crippen LogP contribution in [0.25, 0.3) is 32.3 Å². The SMILES string of the molecule is CC1=[C-]C(C)C=C1[Si](C)(C)C.[Cl-].[Cl-].[Zr+2]=[CH]c1cccc2ccccc12.c1ccc2c(c1)[cH-]c1ccccc12. The summed E-state index contributed by atoms with van der Waals surface area (Å²) in [4.78, 5) is 0. The van der Waals surface area contributed by atoms with Gasteiger partial charge >= 0.3 is 86.7 Å². The van der Waals surface area contributed by atoms with Gasteiger partial charge < -0.3 is 24.8 Å². The largest absolute Gasteiger partial charge is 0.126 e. The minimum Gasteiger partial charge on any atom is -0.126 e. The predicted molar refractivity (Wildman–Crippen MR) is 159 cm³/mol. The summed E-state index contributed by atoms with van der Waals surface area (Å²) in [5.41, 5.74) is 2.75. The molecule has 0 amide bonds. The molecule has 0 spiro atoms. The van der Waals surface area contributed by atoms with Crippen LogP contribution in [0.4, 0.5) is 0 Å². The van der Waals surface area contributed by atoms with Crippen LogP contribution in [0.5, 0.6) is 0 Å². The maximum absolute atomic E-state index is 3.43. The van der Waals surface area contributed by atoms with Gasteiger partial charge in [-0.25, -0.2) is 10.8 Å². The van der Waals surface area contributed by atoms with E-state index in [0.717, 1.165) is 0 Å². The van der Waals surface area contributed by atoms with Crippen LogP contribution in [-0.4, -0.2) is 11.8 Å². The maximum Gasteiger partial charge on any atom is -0.0771 e. The smallest absolute Gasteiger partial charge is 0.0771 e. The van der Waals surface area contributed by atoms with Gasteiger partial charge in [0.25, 0.3) is 0 Å². The molecule has 1 aliphatic carbocycles. The minimum atomic E-state index is -1.07. The third-order valence-electron chi connectivity index (χ3n) is 6.57. The molecule has 0 saturated carbocycles. The van der Waals surface area contributed by atoms with Gasteiger partial charge in [0.05, 0.1) is 0 Å². The molecule has 0 bridgehead atoms. The van der Waals surface area contributed by atoms with Crippen LogP contribution in [0.3, 0.4) is 0 Å². The monoisotopic (exact) mass is 630 g/mol. The summed E-state index contributed by atoms with van der Waals surface area (Å²) in [6, 6.07) is 34.2. The van der Waals surface area contributed by atoms with E-state index in [9.17, 15) is 0 Å². The molecule has 0 aliphatic heterocycles. The van der Waals surface area contributed by atoms with E-state index in [1.807, 2.05) is 0 Å². The molecule has 6 rings (SSSR count). The summed E-state index contributed by atoms with van der Waals surface area (Å²) < 4.78 is 2.23. The van der Waals surface area contributed by atoms with Crippen LogP contribution in [0.1, 0.15) is 19.4 Å². The number of rotatable bonds is 2. The fraction of sp³-hybridized carbons (Fsp3) is 0.176. The number of halogens is 2. The summed E-state index contributed by atoms with van der Waals surface area (Å²) in [6.07, 6.45) is 5.81. The average Bonchev–Trinajstić information content (AvgIpc) is 3.43. The van der Waals surface area contributed by atoms with Gasteiger partial charge in [-0.15, -0.1) is 39.7 Å². The molecule has 5 aromatic carbocycles. The van der Waals surface area contributed by atoms with Crippen molar-refractivity contribution in [2.24, 2.45) is 5.92 Å². The fourth-order valence-electron chi connectivity index (χ4n) is 4.93. The average molecular weight is 633 g/mol. The van der Waals surface area contributed by atoms with Crippen LogP contribution >= 0.6 is 0 Å². The van der Waals surface area contributed by atoms with E-state index in [0.29, 0.717) is 5.92 Å². The van der Waals surface area contributed by atoms with Gasteiger partial charge in [-0.1, -0.05) is 75.8 Å². The van der Waals surface area contributed by atoms with Crippen molar-refractivity contribution < 1.29 is 49.0 Å². The normalized spacial score (nSPS) is 14.2. The summed E-state index contributed by atoms with van der Waals surface area (Å²) in [5, 5.41) is 9.68. The van der Waals surface area contributed by atoms with Crippen molar-refractivity contribution in [1.82, 2.24) is 0 Å². The Morgan fingerprint density at radius 2 is 1.24 bits per heavy atom. The van der Waals surface area contributed by atoms with E-state index in [-0.39, 0.29) is 24.8 Å². The van der Waals surface area contributed by atoms with Crippen LogP contribution in [0.2, 0.25) is 19.6 Å². The Morgan fingerprint density at radius 3 is 1.71 bits per heavy atom. The molecule has 5 aromatic rings. The van der Waals surface area contributed by atoms with Crippen molar-refractivity contribution in [3.05, 3.63) is 126 Å². The second-order valence-corrected chi connectivity index (χ2v) is 16.2. The molecule has 4 heteroatoms. The minimum absolute atomic E-state index is 0. The zero-order valence-electron chi connectivity index (χ0n) is 22.7. The number of fused-ring (bicyclic) bond motifs is 4. The van der Waals surface area contributed by atoms with Crippen LogP contribution in [0, 0.1) is 12.0 Å². The molecule has 194 valence electrons. The Hall–Kier alpha value is -1.96. The molecular formula is C34H34Cl2SiZr-2. The zero-order chi connectivity index (χ0) is 25.7. The molecule has 0 fully saturated rings. The van der Waals surface area contributed by atoms with Gasteiger partial charge in [0, 0.05) is 0 Å². The first kappa shape index (κ1) is 32.3. The van der Waals surface area contributed by atoms with Crippen molar-refractivity contribution in [3.63, 3.8) is 0 Å². The Balaban J connectivity index is 0.000000196. The first-order valence-electron chi connectivity index (χ1n) is 12.6. The van der Waals surface area contributed by atoms with E-state index < -0.39 is 8.07 Å². The van der Waals surface area contributed by atoms with E-state index in [1.165, 1.54) is 67.7 Å². The molecule has 0 aromatic heterocycles. The molecule has 1 unspecified atom stereocenters. The first-order chi connectivity index (χ1) is 17.3. The molecule has 1 atom stereocenters. The number of hydrogen-bond donors (Lipinski definition) is 0. The third-order valence-corrected chi connectivity index (χ3v) is 9.50. The van der Waals surface area contributed by atoms with Gasteiger partial charge in [-0.2, -0.15) is 6.08 Å². The third kappa shape index (κ3) is 7.80. The van der Waals surface area contributed by atoms with Crippen molar-refractivity contribution in [3.8, 4) is 0 Å². The molecule has 0 saturated heterocycles. The number of benzene rings is 4. The van der Waals surface area contributed by atoms with E-state index in [2.05, 4.69) is 146 Å². The Bertz CT molecular complexity index is 1510. The van der Waals surface area contributed by atoms with E-state index in [4.69, 9.17) is 0 Å². The Kier molecular flexibility index (Phi) is 12.2. The van der Waals surface area contributed by atoms with Crippen molar-refractivity contribution in [2.45, 2.75) is 33.5 Å². The molecular weight excluding hydrogens is 599 g/mol. The van der Waals surface area contributed by atoms with E-state index >= 15 is 0 Å². The summed E-state index contributed by atoms with van der Waals surface area (Å²) in [6.45, 7) is 11.6. The Morgan fingerprint density at radius 1 is 0.737 bits per heavy atom. The molecule has 0 heterocycles. The van der Waals surface area contributed by atoms with Gasteiger partial charge in [-0.05, 0) is 8.07 Å². The second-order valence-electron chi connectivity index (χ2n) is 10.4. The molecule has 0 N–H and O–H groups in total. The van der Waals surface area contributed by atoms with Gasteiger partial charge in [0.1, 0.15) is 0 Å². The molecule has 0 nitrogen and oxygen atoms in total. The predicted octanol–water partition coefficient (Wildman–Crippen LogP) is 3.45. The van der Waals surface area contributed by atoms with Crippen LogP contribution < -0.4 is 24.8 Å². The van der Waals surface area contributed by atoms with Crippen molar-refractivity contribution >= 4 is 44.1 Å². The van der Waals surface area contributed by atoms with Crippen LogP contribution in [0.15, 0.2) is 114 Å². The summed E-state index contributed by atoms with van der Waals surface area (Å²) in [7, 11) is -1.07. The van der Waals surface area contributed by atoms with Gasteiger partial charge in [-0.3, -0.25) is 6.08 Å². The molecule has 0 radical (unpaired) electrons. The maximum atomic E-state index is 3.43. The summed E-state index contributed by atoms with van der Waals surface area (Å²) >= 11 is 1.46. The van der Waals surface area contributed by atoms with Crippen molar-refractivity contribution in [2.75, 3.05) is 0 Å². The van der Waals surface area contributed by atoms with Crippen LogP contribution in [-0.2, 0) is 24.2 Å². The standard InChI is InChI=1S/C13H9.C11H8.C10H17Si.2ClH.Zr/c1-3-7-12-10(5-1)9-11-6-2-4-8-13(11)12;1-9-5-4-7-10-6-2-3-8-11(9)10;1-8-6-9(2)10(7-8)11(3,4)5;;;/h1-9H;1-8H;7-8H,1-5H3;2*1H;/q-1;;-1;;;+2/p-2. The van der Waals surface area contributed by atoms with Gasteiger partial charge in [0.15, 0.2) is 0 Å². The fourth-order valence-corrected chi connectivity index (χ4v) is 7.49. The number of hydrogen-bond acceptors (Lipinski definition) is 0. The number of allylic oxidation sites excluding steroid dienone is 4. The second kappa shape index (κ2) is 14.4. The van der Waals surface area contributed by atoms with Crippen molar-refractivity contribution in [1.29, 1.82) is 0 Å². The quantitative estimate of drug-likeness (QED) is 0.207. The first-order valence-corrected chi connectivity index (χ1v) is 17.5. The van der Waals surface area contributed by atoms with E-state index in [1.54, 1.807) is 5.20 Å². The van der Waals surface area contributed by atoms with Gasteiger partial charge in [0.2, 0.25) is 0 Å². The summed E-state index contributed by atoms with van der Waals surface area (Å²) in [5.74, 6) is 0.553. The topological polar surface area (TPSA) is 0 Å². The Labute approximate surface area is 256 Å². The zero-order valence-corrected chi connectivity index (χ0v) is 27.7. The molecule has 38 heavy (non-hydrogen) atoms. The molecule has 1 aliphatic rings.